The average Bonchev–Trinajstić information content (AvgIpc) is 3.22. The number of ether oxygens (including phenoxy) is 6. The summed E-state index contributed by atoms with van der Waals surface area (Å²) in [5.41, 5.74) is 2.44. The summed E-state index contributed by atoms with van der Waals surface area (Å²) in [7, 11) is 0. The number of benzene rings is 2. The lowest BCUT2D eigenvalue weighted by Gasteiger charge is -2.31. The monoisotopic (exact) mass is 792 g/mol. The molecule has 0 radical (unpaired) electrons. The first kappa shape index (κ1) is 47.4. The molecule has 0 bridgehead atoms. The Morgan fingerprint density at radius 2 is 1.14 bits per heavy atom. The van der Waals surface area contributed by atoms with Crippen LogP contribution in [0.4, 0.5) is 0 Å². The van der Waals surface area contributed by atoms with Crippen molar-refractivity contribution < 1.29 is 47.6 Å². The Bertz CT molecular complexity index is 1440. The van der Waals surface area contributed by atoms with Gasteiger partial charge in [0.2, 0.25) is 0 Å². The molecule has 10 heteroatoms. The van der Waals surface area contributed by atoms with Crippen molar-refractivity contribution in [3.05, 3.63) is 83.4 Å². The van der Waals surface area contributed by atoms with Gasteiger partial charge >= 0.3 is 23.9 Å². The maximum Gasteiger partial charge on any atom is 0.338 e. The molecule has 0 fully saturated rings. The Kier molecular flexibility index (Phi) is 24.3. The van der Waals surface area contributed by atoms with Crippen LogP contribution in [0.5, 0.6) is 0 Å². The van der Waals surface area contributed by atoms with Crippen LogP contribution in [0, 0.1) is 11.8 Å². The lowest BCUT2D eigenvalue weighted by Crippen LogP contribution is -2.32. The van der Waals surface area contributed by atoms with E-state index in [0.717, 1.165) is 64.2 Å². The summed E-state index contributed by atoms with van der Waals surface area (Å²) in [6, 6.07) is 17.8. The number of unbranched alkanes of at least 4 members (excludes halogenated alkanes) is 9. The highest BCUT2D eigenvalue weighted by Gasteiger charge is 2.33. The third-order valence-electron chi connectivity index (χ3n) is 10.2. The summed E-state index contributed by atoms with van der Waals surface area (Å²) >= 11 is 0. The summed E-state index contributed by atoms with van der Waals surface area (Å²) in [6.07, 6.45) is 17.4. The fourth-order valence-corrected chi connectivity index (χ4v) is 6.91. The van der Waals surface area contributed by atoms with E-state index in [1.165, 1.54) is 24.8 Å². The molecule has 0 N–H and O–H groups in total. The molecule has 0 saturated heterocycles. The van der Waals surface area contributed by atoms with E-state index in [9.17, 15) is 19.2 Å². The van der Waals surface area contributed by atoms with Gasteiger partial charge in [-0.25, -0.2) is 9.59 Å². The van der Waals surface area contributed by atoms with Gasteiger partial charge in [-0.05, 0) is 108 Å². The molecule has 0 saturated carbocycles. The summed E-state index contributed by atoms with van der Waals surface area (Å²) < 4.78 is 33.3. The second-order valence-corrected chi connectivity index (χ2v) is 15.0. The van der Waals surface area contributed by atoms with Crippen LogP contribution in [0.2, 0.25) is 0 Å². The van der Waals surface area contributed by atoms with E-state index in [4.69, 9.17) is 28.4 Å². The second-order valence-electron chi connectivity index (χ2n) is 15.0. The Morgan fingerprint density at radius 1 is 0.614 bits per heavy atom. The average molecular weight is 793 g/mol. The summed E-state index contributed by atoms with van der Waals surface area (Å²) in [6.45, 7) is 7.15. The van der Waals surface area contributed by atoms with Crippen molar-refractivity contribution in [3.8, 4) is 0 Å². The topological polar surface area (TPSA) is 124 Å². The molecule has 0 aliphatic heterocycles. The summed E-state index contributed by atoms with van der Waals surface area (Å²) in [4.78, 5) is 49.9. The number of carbonyl (C=O) groups excluding carboxylic acids is 4. The van der Waals surface area contributed by atoms with E-state index in [1.54, 1.807) is 62.4 Å². The van der Waals surface area contributed by atoms with Gasteiger partial charge in [-0.3, -0.25) is 9.59 Å². The van der Waals surface area contributed by atoms with Crippen molar-refractivity contribution in [1.82, 2.24) is 0 Å². The SMILES string of the molecule is CCCCCCC1=CCC(CCCCCCCC(=O)OC(C)OCCCCOC(=O)c2ccccc2)C(C(=O)OC(C)OCCCCOC(=O)c2ccccc2)C1. The van der Waals surface area contributed by atoms with Crippen molar-refractivity contribution in [3.63, 3.8) is 0 Å². The first-order valence-electron chi connectivity index (χ1n) is 21.5. The van der Waals surface area contributed by atoms with Crippen LogP contribution in [-0.4, -0.2) is 62.9 Å². The molecule has 1 aliphatic rings. The molecule has 0 heterocycles. The van der Waals surface area contributed by atoms with Crippen LogP contribution < -0.4 is 0 Å². The molecular formula is C47H68O10. The van der Waals surface area contributed by atoms with Crippen LogP contribution in [0.25, 0.3) is 0 Å². The number of hydrogen-bond acceptors (Lipinski definition) is 10. The van der Waals surface area contributed by atoms with Crippen molar-refractivity contribution in [2.45, 2.75) is 149 Å². The molecule has 10 nitrogen and oxygen atoms in total. The predicted molar refractivity (Wildman–Crippen MR) is 220 cm³/mol. The van der Waals surface area contributed by atoms with E-state index in [0.29, 0.717) is 69.7 Å². The smallest absolute Gasteiger partial charge is 0.338 e. The zero-order valence-electron chi connectivity index (χ0n) is 34.8. The van der Waals surface area contributed by atoms with Crippen molar-refractivity contribution in [2.75, 3.05) is 26.4 Å². The van der Waals surface area contributed by atoms with Gasteiger partial charge in [0.05, 0.1) is 43.5 Å². The van der Waals surface area contributed by atoms with E-state index in [1.807, 2.05) is 12.1 Å². The van der Waals surface area contributed by atoms with Gasteiger partial charge in [0.1, 0.15) is 0 Å². The fraction of sp³-hybridized carbons (Fsp3) is 0.617. The van der Waals surface area contributed by atoms with Crippen LogP contribution in [0.3, 0.4) is 0 Å². The van der Waals surface area contributed by atoms with Crippen LogP contribution in [-0.2, 0) is 38.0 Å². The molecule has 1 aliphatic carbocycles. The second kappa shape index (κ2) is 29.2. The van der Waals surface area contributed by atoms with Gasteiger partial charge in [-0.15, -0.1) is 0 Å². The predicted octanol–water partition coefficient (Wildman–Crippen LogP) is 10.7. The summed E-state index contributed by atoms with van der Waals surface area (Å²) in [5.74, 6) is -1.04. The highest BCUT2D eigenvalue weighted by Crippen LogP contribution is 2.36. The van der Waals surface area contributed by atoms with Crippen molar-refractivity contribution in [1.29, 1.82) is 0 Å². The molecule has 4 unspecified atom stereocenters. The number of allylic oxidation sites excluding steroid dienone is 2. The van der Waals surface area contributed by atoms with Gasteiger partial charge in [0.25, 0.3) is 0 Å². The van der Waals surface area contributed by atoms with Gasteiger partial charge in [-0.2, -0.15) is 0 Å². The molecule has 0 aromatic heterocycles. The van der Waals surface area contributed by atoms with Gasteiger partial charge in [0, 0.05) is 6.42 Å². The zero-order chi connectivity index (χ0) is 40.9. The molecular weight excluding hydrogens is 725 g/mol. The Balaban J connectivity index is 1.26. The Morgan fingerprint density at radius 3 is 1.74 bits per heavy atom. The quantitative estimate of drug-likeness (QED) is 0.0248. The Hall–Kier alpha value is -4.02. The first-order chi connectivity index (χ1) is 27.8. The zero-order valence-corrected chi connectivity index (χ0v) is 34.8. The minimum absolute atomic E-state index is 0.171. The maximum absolute atomic E-state index is 13.5. The lowest BCUT2D eigenvalue weighted by molar-refractivity contribution is -0.182. The molecule has 0 spiro atoms. The molecule has 2 aromatic rings. The number of rotatable bonds is 30. The summed E-state index contributed by atoms with van der Waals surface area (Å²) in [5, 5.41) is 0. The van der Waals surface area contributed by atoms with Crippen molar-refractivity contribution in [2.24, 2.45) is 11.8 Å². The fourth-order valence-electron chi connectivity index (χ4n) is 6.91. The van der Waals surface area contributed by atoms with E-state index < -0.39 is 12.6 Å². The number of esters is 4. The van der Waals surface area contributed by atoms with Crippen molar-refractivity contribution >= 4 is 23.9 Å². The standard InChI is InChI=1S/C47H68O10/c1-4-5-6-12-23-39-30-31-40(43(36-39)47(51)57-38(3)53-33-20-22-35-55-46(50)42-27-16-11-17-28-42)24-13-8-7-9-18-29-44(48)56-37(2)52-32-19-21-34-54-45(49)41-25-14-10-15-26-41/h10-11,14-17,25-28,30,37-38,40,43H,4-9,12-13,18-24,29,31-36H2,1-3H3. The number of hydrogen-bond donors (Lipinski definition) is 0. The van der Waals surface area contributed by atoms with Crippen LogP contribution >= 0.6 is 0 Å². The van der Waals surface area contributed by atoms with E-state index in [-0.39, 0.29) is 35.7 Å². The largest absolute Gasteiger partial charge is 0.462 e. The first-order valence-corrected chi connectivity index (χ1v) is 21.5. The Labute approximate surface area is 341 Å². The van der Waals surface area contributed by atoms with E-state index >= 15 is 0 Å². The minimum atomic E-state index is -0.645. The molecule has 57 heavy (non-hydrogen) atoms. The van der Waals surface area contributed by atoms with Gasteiger partial charge in [-0.1, -0.05) is 99.9 Å². The molecule has 2 aromatic carbocycles. The minimum Gasteiger partial charge on any atom is -0.462 e. The highest BCUT2D eigenvalue weighted by atomic mass is 16.7. The molecule has 316 valence electrons. The maximum atomic E-state index is 13.5. The number of carbonyl (C=O) groups is 4. The molecule has 4 atom stereocenters. The molecule has 0 amide bonds. The lowest BCUT2D eigenvalue weighted by atomic mass is 9.76. The van der Waals surface area contributed by atoms with Crippen LogP contribution in [0.1, 0.15) is 157 Å². The third-order valence-corrected chi connectivity index (χ3v) is 10.2. The normalized spacial score (nSPS) is 16.2. The third kappa shape index (κ3) is 20.8. The highest BCUT2D eigenvalue weighted by molar-refractivity contribution is 5.89. The van der Waals surface area contributed by atoms with Gasteiger partial charge in [0.15, 0.2) is 12.6 Å². The van der Waals surface area contributed by atoms with E-state index in [2.05, 4.69) is 13.0 Å². The van der Waals surface area contributed by atoms with Crippen LogP contribution in [0.15, 0.2) is 72.3 Å². The van der Waals surface area contributed by atoms with Gasteiger partial charge < -0.3 is 28.4 Å². The molecule has 3 rings (SSSR count).